The summed E-state index contributed by atoms with van der Waals surface area (Å²) in [5.74, 6) is -0.256. The van der Waals surface area contributed by atoms with Crippen LogP contribution in [0.3, 0.4) is 0 Å². The maximum atomic E-state index is 11.9. The molecule has 2 heterocycles. The molecule has 0 aliphatic carbocycles. The van der Waals surface area contributed by atoms with Crippen LogP contribution in [-0.4, -0.2) is 60.4 Å². The Bertz CT molecular complexity index is 363. The lowest BCUT2D eigenvalue weighted by atomic mass is 10.2. The van der Waals surface area contributed by atoms with Crippen LogP contribution in [-0.2, 0) is 9.59 Å². The fourth-order valence-corrected chi connectivity index (χ4v) is 2.23. The van der Waals surface area contributed by atoms with Crippen molar-refractivity contribution in [1.82, 2.24) is 15.1 Å². The molecule has 2 fully saturated rings. The molecule has 0 aromatic rings. The molecule has 2 saturated heterocycles. The van der Waals surface area contributed by atoms with Gasteiger partial charge in [0.2, 0.25) is 11.8 Å². The number of hydrogen-bond donors (Lipinski definition) is 1. The van der Waals surface area contributed by atoms with Gasteiger partial charge >= 0.3 is 0 Å². The van der Waals surface area contributed by atoms with Crippen LogP contribution < -0.4 is 5.32 Å². The van der Waals surface area contributed by atoms with Crippen LogP contribution in [0.5, 0.6) is 0 Å². The van der Waals surface area contributed by atoms with Crippen molar-refractivity contribution in [3.63, 3.8) is 0 Å². The Morgan fingerprint density at radius 3 is 3.00 bits per heavy atom. The van der Waals surface area contributed by atoms with Gasteiger partial charge in [0.05, 0.1) is 12.6 Å². The van der Waals surface area contributed by atoms with Crippen LogP contribution in [0.4, 0.5) is 0 Å². The molecule has 0 saturated carbocycles. The molecular weight excluding hydrogens is 220 g/mol. The predicted octanol–water partition coefficient (Wildman–Crippen LogP) is -1.07. The summed E-state index contributed by atoms with van der Waals surface area (Å²) in [6.07, 6.45) is 1.22. The Hall–Kier alpha value is -1.45. The Labute approximate surface area is 100 Å². The number of imide groups is 1. The molecule has 0 bridgehead atoms. The summed E-state index contributed by atoms with van der Waals surface area (Å²) < 4.78 is 0. The first-order valence-electron chi connectivity index (χ1n) is 5.90. The van der Waals surface area contributed by atoms with Crippen LogP contribution in [0.1, 0.15) is 12.8 Å². The third-order valence-electron chi connectivity index (χ3n) is 3.22. The van der Waals surface area contributed by atoms with E-state index in [2.05, 4.69) is 11.4 Å². The Morgan fingerprint density at radius 1 is 1.53 bits per heavy atom. The molecule has 2 amide bonds. The lowest BCUT2D eigenvalue weighted by molar-refractivity contribution is -0.142. The lowest BCUT2D eigenvalue weighted by Gasteiger charge is -2.32. The number of hydrogen-bond acceptors (Lipinski definition) is 5. The first kappa shape index (κ1) is 12.0. The molecule has 0 radical (unpaired) electrons. The van der Waals surface area contributed by atoms with Crippen LogP contribution in [0.15, 0.2) is 0 Å². The maximum absolute atomic E-state index is 11.9. The average molecular weight is 236 g/mol. The van der Waals surface area contributed by atoms with Crippen molar-refractivity contribution in [3.8, 4) is 6.07 Å². The molecule has 17 heavy (non-hydrogen) atoms. The summed E-state index contributed by atoms with van der Waals surface area (Å²) in [4.78, 5) is 26.5. The van der Waals surface area contributed by atoms with Crippen molar-refractivity contribution in [2.45, 2.75) is 18.9 Å². The van der Waals surface area contributed by atoms with E-state index in [1.807, 2.05) is 4.90 Å². The van der Waals surface area contributed by atoms with E-state index in [4.69, 9.17) is 5.26 Å². The van der Waals surface area contributed by atoms with Crippen molar-refractivity contribution < 1.29 is 9.59 Å². The highest BCUT2D eigenvalue weighted by Crippen LogP contribution is 2.11. The van der Waals surface area contributed by atoms with E-state index in [1.165, 1.54) is 4.90 Å². The van der Waals surface area contributed by atoms with E-state index < -0.39 is 0 Å². The fraction of sp³-hybridized carbons (Fsp3) is 0.727. The quantitative estimate of drug-likeness (QED) is 0.661. The van der Waals surface area contributed by atoms with Gasteiger partial charge in [-0.25, -0.2) is 0 Å². The van der Waals surface area contributed by atoms with Gasteiger partial charge < -0.3 is 5.32 Å². The van der Waals surface area contributed by atoms with Crippen LogP contribution in [0.25, 0.3) is 0 Å². The highest BCUT2D eigenvalue weighted by atomic mass is 16.2. The Morgan fingerprint density at radius 2 is 2.35 bits per heavy atom. The average Bonchev–Trinajstić information content (AvgIpc) is 2.76. The SMILES string of the molecule is N#CC1CNCCN1CC(=O)N1CCCC1=O. The second-order valence-electron chi connectivity index (χ2n) is 4.36. The lowest BCUT2D eigenvalue weighted by Crippen LogP contribution is -2.54. The minimum atomic E-state index is -0.273. The van der Waals surface area contributed by atoms with Gasteiger partial charge in [-0.1, -0.05) is 0 Å². The van der Waals surface area contributed by atoms with Gasteiger partial charge in [-0.05, 0) is 6.42 Å². The summed E-state index contributed by atoms with van der Waals surface area (Å²) in [5, 5.41) is 12.1. The summed E-state index contributed by atoms with van der Waals surface area (Å²) in [7, 11) is 0. The van der Waals surface area contributed by atoms with Gasteiger partial charge in [0.15, 0.2) is 0 Å². The van der Waals surface area contributed by atoms with Gasteiger partial charge in [-0.15, -0.1) is 0 Å². The molecule has 92 valence electrons. The maximum Gasteiger partial charge on any atom is 0.243 e. The number of carbonyl (C=O) groups excluding carboxylic acids is 2. The number of carbonyl (C=O) groups is 2. The van der Waals surface area contributed by atoms with Gasteiger partial charge in [0.25, 0.3) is 0 Å². The van der Waals surface area contributed by atoms with Crippen molar-refractivity contribution in [2.24, 2.45) is 0 Å². The Kier molecular flexibility index (Phi) is 3.71. The predicted molar refractivity (Wildman–Crippen MR) is 59.8 cm³/mol. The molecule has 2 aliphatic heterocycles. The smallest absolute Gasteiger partial charge is 0.243 e. The van der Waals surface area contributed by atoms with Gasteiger partial charge in [-0.2, -0.15) is 5.26 Å². The molecule has 2 aliphatic rings. The number of piperazine rings is 1. The van der Waals surface area contributed by atoms with E-state index in [0.29, 0.717) is 26.1 Å². The molecule has 0 aromatic heterocycles. The fourth-order valence-electron chi connectivity index (χ4n) is 2.23. The monoisotopic (exact) mass is 236 g/mol. The summed E-state index contributed by atoms with van der Waals surface area (Å²) in [5.41, 5.74) is 0. The van der Waals surface area contributed by atoms with E-state index >= 15 is 0 Å². The highest BCUT2D eigenvalue weighted by Gasteiger charge is 2.30. The number of rotatable bonds is 2. The van der Waals surface area contributed by atoms with Crippen LogP contribution in [0, 0.1) is 11.3 Å². The third kappa shape index (κ3) is 2.62. The number of nitrogens with zero attached hydrogens (tertiary/aromatic N) is 3. The molecule has 1 N–H and O–H groups in total. The van der Waals surface area contributed by atoms with E-state index in [0.717, 1.165) is 13.0 Å². The molecule has 0 spiro atoms. The first-order valence-corrected chi connectivity index (χ1v) is 5.90. The molecule has 6 nitrogen and oxygen atoms in total. The summed E-state index contributed by atoms with van der Waals surface area (Å²) >= 11 is 0. The molecule has 2 rings (SSSR count). The molecule has 1 unspecified atom stereocenters. The summed E-state index contributed by atoms with van der Waals surface area (Å²) in [6, 6.07) is 1.90. The first-order chi connectivity index (χ1) is 8.22. The van der Waals surface area contributed by atoms with Crippen LogP contribution in [0.2, 0.25) is 0 Å². The topological polar surface area (TPSA) is 76.4 Å². The second-order valence-corrected chi connectivity index (χ2v) is 4.36. The second kappa shape index (κ2) is 5.25. The van der Waals surface area contributed by atoms with Crippen molar-refractivity contribution in [3.05, 3.63) is 0 Å². The zero-order chi connectivity index (χ0) is 12.3. The number of nitriles is 1. The summed E-state index contributed by atoms with van der Waals surface area (Å²) in [6.45, 7) is 2.73. The van der Waals surface area contributed by atoms with Crippen LogP contribution >= 0.6 is 0 Å². The van der Waals surface area contributed by atoms with Crippen molar-refractivity contribution >= 4 is 11.8 Å². The molecule has 6 heteroatoms. The van der Waals surface area contributed by atoms with E-state index in [-0.39, 0.29) is 24.4 Å². The Balaban J connectivity index is 1.93. The minimum absolute atomic E-state index is 0.0846. The number of amides is 2. The van der Waals surface area contributed by atoms with Gasteiger partial charge in [0.1, 0.15) is 6.04 Å². The van der Waals surface area contributed by atoms with E-state index in [1.54, 1.807) is 0 Å². The van der Waals surface area contributed by atoms with Gasteiger partial charge in [-0.3, -0.25) is 19.4 Å². The number of likely N-dealkylation sites (tertiary alicyclic amines) is 1. The third-order valence-corrected chi connectivity index (χ3v) is 3.22. The van der Waals surface area contributed by atoms with Gasteiger partial charge in [0, 0.05) is 32.6 Å². The zero-order valence-corrected chi connectivity index (χ0v) is 9.69. The standard InChI is InChI=1S/C11H16N4O2/c12-6-9-7-13-3-5-14(9)8-11(17)15-4-1-2-10(15)16/h9,13H,1-5,7-8H2. The normalized spacial score (nSPS) is 25.9. The van der Waals surface area contributed by atoms with E-state index in [9.17, 15) is 9.59 Å². The molecule has 1 atom stereocenters. The number of nitrogens with one attached hydrogen (secondary N) is 1. The highest BCUT2D eigenvalue weighted by molar-refractivity contribution is 5.97. The molecular formula is C11H16N4O2. The van der Waals surface area contributed by atoms with Crippen molar-refractivity contribution in [1.29, 1.82) is 5.26 Å². The largest absolute Gasteiger partial charge is 0.313 e. The van der Waals surface area contributed by atoms with Crippen molar-refractivity contribution in [2.75, 3.05) is 32.7 Å². The minimum Gasteiger partial charge on any atom is -0.313 e. The zero-order valence-electron chi connectivity index (χ0n) is 9.69. The molecule has 0 aromatic carbocycles.